The highest BCUT2D eigenvalue weighted by molar-refractivity contribution is 7.10. The lowest BCUT2D eigenvalue weighted by Gasteiger charge is -2.42. The molecular formula is C24H35NS. The molecule has 0 N–H and O–H groups in total. The van der Waals surface area contributed by atoms with Gasteiger partial charge in [-0.05, 0) is 53.7 Å². The van der Waals surface area contributed by atoms with Crippen LogP contribution in [0.25, 0.3) is 11.3 Å². The van der Waals surface area contributed by atoms with E-state index < -0.39 is 0 Å². The first-order chi connectivity index (χ1) is 12.3. The highest BCUT2D eigenvalue weighted by Crippen LogP contribution is 2.47. The second-order valence-corrected chi connectivity index (χ2v) is 10.3. The maximum absolute atomic E-state index is 5.07. The second-order valence-electron chi connectivity index (χ2n) is 9.37. The van der Waals surface area contributed by atoms with E-state index >= 15 is 0 Å². The summed E-state index contributed by atoms with van der Waals surface area (Å²) in [6.07, 6.45) is 7.51. The van der Waals surface area contributed by atoms with Gasteiger partial charge in [0.1, 0.15) is 0 Å². The molecule has 0 saturated heterocycles. The molecule has 1 aromatic carbocycles. The van der Waals surface area contributed by atoms with E-state index in [9.17, 15) is 0 Å². The molecule has 0 atom stereocenters. The Hall–Kier alpha value is -1.15. The fourth-order valence-corrected chi connectivity index (χ4v) is 5.44. The number of benzene rings is 1. The molecule has 0 fully saturated rings. The molecule has 1 aliphatic carbocycles. The first-order valence-corrected chi connectivity index (χ1v) is 11.3. The van der Waals surface area contributed by atoms with Crippen molar-refractivity contribution in [3.8, 4) is 11.3 Å². The molecule has 1 nitrogen and oxygen atoms in total. The number of hydrogen-bond acceptors (Lipinski definition) is 2. The van der Waals surface area contributed by atoms with E-state index in [-0.39, 0.29) is 10.8 Å². The van der Waals surface area contributed by atoms with E-state index in [1.54, 1.807) is 0 Å². The van der Waals surface area contributed by atoms with Gasteiger partial charge in [-0.2, -0.15) is 0 Å². The van der Waals surface area contributed by atoms with Gasteiger partial charge in [0, 0.05) is 16.9 Å². The van der Waals surface area contributed by atoms with Crippen LogP contribution >= 0.6 is 11.3 Å². The average molecular weight is 370 g/mol. The van der Waals surface area contributed by atoms with Gasteiger partial charge in [-0.15, -0.1) is 11.3 Å². The standard InChI is InChI=1S/C24H35NS/c1-7-9-17(10-8-2)22-25-21(16-26-22)18-11-12-19-20(15-18)24(5,6)14-13-23(19,3)4/h11-12,15-17H,7-10,13-14H2,1-6H3. The summed E-state index contributed by atoms with van der Waals surface area (Å²) in [5, 5.41) is 3.61. The number of nitrogens with zero attached hydrogens (tertiary/aromatic N) is 1. The molecule has 1 heterocycles. The topological polar surface area (TPSA) is 12.9 Å². The van der Waals surface area contributed by atoms with Crippen molar-refractivity contribution in [2.24, 2.45) is 0 Å². The zero-order valence-electron chi connectivity index (χ0n) is 17.5. The number of hydrogen-bond donors (Lipinski definition) is 0. The third-order valence-electron chi connectivity index (χ3n) is 6.29. The van der Waals surface area contributed by atoms with Crippen molar-refractivity contribution < 1.29 is 0 Å². The molecule has 3 rings (SSSR count). The zero-order valence-corrected chi connectivity index (χ0v) is 18.3. The molecule has 0 amide bonds. The number of rotatable bonds is 6. The van der Waals surface area contributed by atoms with Crippen LogP contribution < -0.4 is 0 Å². The van der Waals surface area contributed by atoms with Crippen LogP contribution in [0, 0.1) is 0 Å². The Morgan fingerprint density at radius 2 is 1.58 bits per heavy atom. The smallest absolute Gasteiger partial charge is 0.0963 e. The van der Waals surface area contributed by atoms with Gasteiger partial charge < -0.3 is 0 Å². The van der Waals surface area contributed by atoms with Gasteiger partial charge in [-0.1, -0.05) is 66.5 Å². The average Bonchev–Trinajstić information content (AvgIpc) is 3.09. The Morgan fingerprint density at radius 1 is 0.962 bits per heavy atom. The lowest BCUT2D eigenvalue weighted by molar-refractivity contribution is 0.332. The normalized spacial score (nSPS) is 18.1. The van der Waals surface area contributed by atoms with E-state index in [4.69, 9.17) is 4.98 Å². The minimum atomic E-state index is 0.257. The van der Waals surface area contributed by atoms with Crippen molar-refractivity contribution in [2.75, 3.05) is 0 Å². The van der Waals surface area contributed by atoms with E-state index in [1.165, 1.54) is 65.9 Å². The monoisotopic (exact) mass is 369 g/mol. The van der Waals surface area contributed by atoms with Crippen molar-refractivity contribution in [3.05, 3.63) is 39.7 Å². The quantitative estimate of drug-likeness (QED) is 0.505. The summed E-state index contributed by atoms with van der Waals surface area (Å²) in [4.78, 5) is 5.07. The van der Waals surface area contributed by atoms with Gasteiger partial charge in [-0.25, -0.2) is 4.98 Å². The zero-order chi connectivity index (χ0) is 18.9. The largest absolute Gasteiger partial charge is 0.241 e. The Bertz CT molecular complexity index is 747. The summed E-state index contributed by atoms with van der Waals surface area (Å²) in [5.41, 5.74) is 6.06. The maximum Gasteiger partial charge on any atom is 0.0963 e. The summed E-state index contributed by atoms with van der Waals surface area (Å²) in [7, 11) is 0. The van der Waals surface area contributed by atoms with Gasteiger partial charge in [0.25, 0.3) is 0 Å². The maximum atomic E-state index is 5.07. The van der Waals surface area contributed by atoms with Crippen LogP contribution in [0.2, 0.25) is 0 Å². The predicted molar refractivity (Wildman–Crippen MR) is 115 cm³/mol. The van der Waals surface area contributed by atoms with Gasteiger partial charge in [0.2, 0.25) is 0 Å². The highest BCUT2D eigenvalue weighted by Gasteiger charge is 2.37. The van der Waals surface area contributed by atoms with Crippen LogP contribution in [-0.4, -0.2) is 4.98 Å². The third-order valence-corrected chi connectivity index (χ3v) is 7.30. The van der Waals surface area contributed by atoms with Crippen LogP contribution in [0.5, 0.6) is 0 Å². The third kappa shape index (κ3) is 3.76. The summed E-state index contributed by atoms with van der Waals surface area (Å²) in [6, 6.07) is 7.11. The van der Waals surface area contributed by atoms with Crippen LogP contribution in [-0.2, 0) is 10.8 Å². The minimum Gasteiger partial charge on any atom is -0.241 e. The molecule has 1 aromatic heterocycles. The van der Waals surface area contributed by atoms with Crippen LogP contribution in [0.1, 0.15) is 102 Å². The molecule has 1 aliphatic rings. The van der Waals surface area contributed by atoms with E-state index in [0.717, 1.165) is 0 Å². The SMILES string of the molecule is CCCC(CCC)c1nc(-c2ccc3c(c2)C(C)(C)CCC3(C)C)cs1. The van der Waals surface area contributed by atoms with Gasteiger partial charge >= 0.3 is 0 Å². The van der Waals surface area contributed by atoms with Gasteiger partial charge in [0.15, 0.2) is 0 Å². The molecule has 142 valence electrons. The summed E-state index contributed by atoms with van der Waals surface area (Å²) < 4.78 is 0. The van der Waals surface area contributed by atoms with Crippen LogP contribution in [0.15, 0.2) is 23.6 Å². The molecule has 0 unspecified atom stereocenters. The van der Waals surface area contributed by atoms with Crippen molar-refractivity contribution in [3.63, 3.8) is 0 Å². The number of fused-ring (bicyclic) bond motifs is 1. The van der Waals surface area contributed by atoms with E-state index in [2.05, 4.69) is 65.1 Å². The molecule has 26 heavy (non-hydrogen) atoms. The van der Waals surface area contributed by atoms with Crippen molar-refractivity contribution in [2.45, 2.75) is 96.8 Å². The van der Waals surface area contributed by atoms with Crippen LogP contribution in [0.4, 0.5) is 0 Å². The lowest BCUT2D eigenvalue weighted by Crippen LogP contribution is -2.33. The van der Waals surface area contributed by atoms with Gasteiger partial charge in [0.05, 0.1) is 10.7 Å². The Kier molecular flexibility index (Phi) is 5.63. The summed E-state index contributed by atoms with van der Waals surface area (Å²) in [6.45, 7) is 14.1. The predicted octanol–water partition coefficient (Wildman–Crippen LogP) is 7.84. The molecule has 0 spiro atoms. The van der Waals surface area contributed by atoms with Crippen molar-refractivity contribution >= 4 is 11.3 Å². The molecule has 2 aromatic rings. The molecule has 0 radical (unpaired) electrons. The summed E-state index contributed by atoms with van der Waals surface area (Å²) in [5.74, 6) is 0.636. The van der Waals surface area contributed by atoms with Gasteiger partial charge in [-0.3, -0.25) is 0 Å². The molecule has 0 bridgehead atoms. The van der Waals surface area contributed by atoms with Crippen molar-refractivity contribution in [1.29, 1.82) is 0 Å². The molecular weight excluding hydrogens is 334 g/mol. The lowest BCUT2D eigenvalue weighted by atomic mass is 9.63. The summed E-state index contributed by atoms with van der Waals surface area (Å²) >= 11 is 1.86. The number of aromatic nitrogens is 1. The van der Waals surface area contributed by atoms with E-state index in [1.807, 2.05) is 11.3 Å². The number of thiazole rings is 1. The molecule has 0 aliphatic heterocycles. The molecule has 2 heteroatoms. The second kappa shape index (κ2) is 7.46. The van der Waals surface area contributed by atoms with Crippen molar-refractivity contribution in [1.82, 2.24) is 4.98 Å². The fourth-order valence-electron chi connectivity index (χ4n) is 4.44. The van der Waals surface area contributed by atoms with E-state index in [0.29, 0.717) is 5.92 Å². The Morgan fingerprint density at radius 3 is 2.19 bits per heavy atom. The first kappa shape index (κ1) is 19.6. The fraction of sp³-hybridized carbons (Fsp3) is 0.625. The molecule has 0 saturated carbocycles. The highest BCUT2D eigenvalue weighted by atomic mass is 32.1. The first-order valence-electron chi connectivity index (χ1n) is 10.4. The minimum absolute atomic E-state index is 0.257. The Labute approximate surface area is 164 Å². The van der Waals surface area contributed by atoms with Crippen LogP contribution in [0.3, 0.4) is 0 Å². The Balaban J connectivity index is 1.96.